The van der Waals surface area contributed by atoms with Crippen LogP contribution in [0.15, 0.2) is 24.3 Å². The van der Waals surface area contributed by atoms with E-state index < -0.39 is 0 Å². The minimum absolute atomic E-state index is 0.410. The van der Waals surface area contributed by atoms with Gasteiger partial charge in [0.25, 0.3) is 0 Å². The number of nitrogens with one attached hydrogen (secondary N) is 1. The van der Waals surface area contributed by atoms with Crippen molar-refractivity contribution in [2.75, 3.05) is 5.75 Å². The van der Waals surface area contributed by atoms with Gasteiger partial charge >= 0.3 is 0 Å². The molecule has 0 aliphatic carbocycles. The maximum Gasteiger partial charge on any atom is 0.0406 e. The van der Waals surface area contributed by atoms with E-state index in [1.807, 2.05) is 12.1 Å². The van der Waals surface area contributed by atoms with Gasteiger partial charge in [-0.15, -0.1) is 0 Å². The Balaban J connectivity index is 1.92. The highest BCUT2D eigenvalue weighted by atomic mass is 35.5. The van der Waals surface area contributed by atoms with Crippen molar-refractivity contribution in [3.8, 4) is 0 Å². The van der Waals surface area contributed by atoms with Gasteiger partial charge in [0.15, 0.2) is 0 Å². The second-order valence-electron chi connectivity index (χ2n) is 4.52. The highest BCUT2D eigenvalue weighted by Gasteiger charge is 2.23. The number of thioether (sulfide) groups is 1. The molecule has 3 heteroatoms. The van der Waals surface area contributed by atoms with E-state index in [1.165, 1.54) is 17.7 Å². The first-order valence-corrected chi connectivity index (χ1v) is 7.21. The molecular weight excluding hydrogens is 238 g/mol. The molecule has 3 unspecified atom stereocenters. The summed E-state index contributed by atoms with van der Waals surface area (Å²) in [5.41, 5.74) is 1.31. The first kappa shape index (κ1) is 12.3. The zero-order valence-corrected chi connectivity index (χ0v) is 11.3. The zero-order chi connectivity index (χ0) is 11.5. The van der Waals surface area contributed by atoms with Crippen molar-refractivity contribution in [1.29, 1.82) is 0 Å². The maximum atomic E-state index is 5.88. The van der Waals surface area contributed by atoms with E-state index in [-0.39, 0.29) is 0 Å². The fraction of sp³-hybridized carbons (Fsp3) is 0.538. The van der Waals surface area contributed by atoms with Crippen LogP contribution in [-0.2, 0) is 0 Å². The van der Waals surface area contributed by atoms with Gasteiger partial charge in [0, 0.05) is 28.1 Å². The zero-order valence-electron chi connectivity index (χ0n) is 9.74. The highest BCUT2D eigenvalue weighted by Crippen LogP contribution is 2.27. The third-order valence-electron chi connectivity index (χ3n) is 3.05. The standard InChI is InChI=1S/C13H18ClNS/c1-9-7-13(8-16-9)15-10(2)11-3-5-12(14)6-4-11/h3-6,9-10,13,15H,7-8H2,1-2H3. The van der Waals surface area contributed by atoms with Gasteiger partial charge in [0.2, 0.25) is 0 Å². The number of benzene rings is 1. The fourth-order valence-electron chi connectivity index (χ4n) is 2.13. The molecule has 88 valence electrons. The summed E-state index contributed by atoms with van der Waals surface area (Å²) in [4.78, 5) is 0. The Labute approximate surface area is 107 Å². The quantitative estimate of drug-likeness (QED) is 0.880. The minimum atomic E-state index is 0.410. The average Bonchev–Trinajstić information content (AvgIpc) is 2.65. The van der Waals surface area contributed by atoms with Crippen LogP contribution in [0.4, 0.5) is 0 Å². The summed E-state index contributed by atoms with van der Waals surface area (Å²) in [5.74, 6) is 1.24. The Morgan fingerprint density at radius 1 is 1.38 bits per heavy atom. The van der Waals surface area contributed by atoms with Gasteiger partial charge in [-0.1, -0.05) is 30.7 Å². The summed E-state index contributed by atoms with van der Waals surface area (Å²) < 4.78 is 0. The van der Waals surface area contributed by atoms with E-state index in [9.17, 15) is 0 Å². The Morgan fingerprint density at radius 3 is 2.62 bits per heavy atom. The molecule has 1 N–H and O–H groups in total. The lowest BCUT2D eigenvalue weighted by atomic mass is 10.1. The van der Waals surface area contributed by atoms with E-state index in [0.717, 1.165) is 10.3 Å². The second-order valence-corrected chi connectivity index (χ2v) is 6.42. The normalized spacial score (nSPS) is 26.9. The lowest BCUT2D eigenvalue weighted by molar-refractivity contribution is 0.474. The predicted molar refractivity (Wildman–Crippen MR) is 73.3 cm³/mol. The molecule has 0 spiro atoms. The molecule has 1 aliphatic heterocycles. The predicted octanol–water partition coefficient (Wildman–Crippen LogP) is 3.88. The van der Waals surface area contributed by atoms with Crippen molar-refractivity contribution in [2.45, 2.75) is 37.6 Å². The van der Waals surface area contributed by atoms with Crippen molar-refractivity contribution in [2.24, 2.45) is 0 Å². The molecule has 16 heavy (non-hydrogen) atoms. The van der Waals surface area contributed by atoms with Crippen LogP contribution in [0, 0.1) is 0 Å². The van der Waals surface area contributed by atoms with Crippen molar-refractivity contribution in [1.82, 2.24) is 5.32 Å². The fourth-order valence-corrected chi connectivity index (χ4v) is 3.42. The van der Waals surface area contributed by atoms with Gasteiger partial charge in [-0.2, -0.15) is 11.8 Å². The van der Waals surface area contributed by atoms with Crippen LogP contribution in [0.1, 0.15) is 31.9 Å². The van der Waals surface area contributed by atoms with Crippen molar-refractivity contribution >= 4 is 23.4 Å². The number of rotatable bonds is 3. The summed E-state index contributed by atoms with van der Waals surface area (Å²) >= 11 is 7.94. The molecule has 1 heterocycles. The Morgan fingerprint density at radius 2 is 2.06 bits per heavy atom. The molecule has 0 aromatic heterocycles. The van der Waals surface area contributed by atoms with Crippen LogP contribution in [0.25, 0.3) is 0 Å². The molecule has 0 saturated carbocycles. The first-order chi connectivity index (χ1) is 7.65. The molecule has 1 saturated heterocycles. The lowest BCUT2D eigenvalue weighted by Gasteiger charge is -2.19. The molecule has 1 aliphatic rings. The van der Waals surface area contributed by atoms with Crippen LogP contribution >= 0.6 is 23.4 Å². The van der Waals surface area contributed by atoms with Gasteiger partial charge in [-0.25, -0.2) is 0 Å². The molecule has 1 fully saturated rings. The molecule has 3 atom stereocenters. The topological polar surface area (TPSA) is 12.0 Å². The Hall–Kier alpha value is -0.180. The van der Waals surface area contributed by atoms with Crippen LogP contribution in [0.2, 0.25) is 5.02 Å². The maximum absolute atomic E-state index is 5.88. The number of halogens is 1. The number of hydrogen-bond acceptors (Lipinski definition) is 2. The molecule has 0 amide bonds. The molecule has 1 aromatic carbocycles. The van der Waals surface area contributed by atoms with E-state index in [4.69, 9.17) is 11.6 Å². The minimum Gasteiger partial charge on any atom is -0.307 e. The van der Waals surface area contributed by atoms with Crippen LogP contribution < -0.4 is 5.32 Å². The molecule has 1 nitrogen and oxygen atoms in total. The average molecular weight is 256 g/mol. The molecule has 2 rings (SSSR count). The third-order valence-corrected chi connectivity index (χ3v) is 4.66. The van der Waals surface area contributed by atoms with Gasteiger partial charge in [0.1, 0.15) is 0 Å². The van der Waals surface area contributed by atoms with E-state index >= 15 is 0 Å². The molecule has 1 aromatic rings. The Bertz CT molecular complexity index is 338. The van der Waals surface area contributed by atoms with Crippen molar-refractivity contribution < 1.29 is 0 Å². The summed E-state index contributed by atoms with van der Waals surface area (Å²) in [7, 11) is 0. The van der Waals surface area contributed by atoms with E-state index in [0.29, 0.717) is 12.1 Å². The van der Waals surface area contributed by atoms with Crippen molar-refractivity contribution in [3.05, 3.63) is 34.9 Å². The monoisotopic (exact) mass is 255 g/mol. The van der Waals surface area contributed by atoms with Crippen LogP contribution in [0.5, 0.6) is 0 Å². The lowest BCUT2D eigenvalue weighted by Crippen LogP contribution is -2.31. The SMILES string of the molecule is CC1CC(NC(C)c2ccc(Cl)cc2)CS1. The van der Waals surface area contributed by atoms with Gasteiger partial charge in [-0.3, -0.25) is 0 Å². The molecule has 0 radical (unpaired) electrons. The van der Waals surface area contributed by atoms with Crippen LogP contribution in [-0.4, -0.2) is 17.0 Å². The largest absolute Gasteiger partial charge is 0.307 e. The summed E-state index contributed by atoms with van der Waals surface area (Å²) in [6, 6.07) is 9.19. The third kappa shape index (κ3) is 3.16. The summed E-state index contributed by atoms with van der Waals surface area (Å²) in [6.45, 7) is 4.52. The highest BCUT2D eigenvalue weighted by molar-refractivity contribution is 8.00. The summed E-state index contributed by atoms with van der Waals surface area (Å²) in [6.07, 6.45) is 1.28. The molecular formula is C13H18ClNS. The van der Waals surface area contributed by atoms with Gasteiger partial charge < -0.3 is 5.32 Å². The van der Waals surface area contributed by atoms with Gasteiger partial charge in [-0.05, 0) is 31.0 Å². The van der Waals surface area contributed by atoms with Crippen molar-refractivity contribution in [3.63, 3.8) is 0 Å². The molecule has 0 bridgehead atoms. The first-order valence-electron chi connectivity index (χ1n) is 5.78. The number of hydrogen-bond donors (Lipinski definition) is 1. The van der Waals surface area contributed by atoms with Gasteiger partial charge in [0.05, 0.1) is 0 Å². The van der Waals surface area contributed by atoms with Crippen LogP contribution in [0.3, 0.4) is 0 Å². The second kappa shape index (κ2) is 5.44. The summed E-state index contributed by atoms with van der Waals surface area (Å²) in [5, 5.41) is 5.29. The van der Waals surface area contributed by atoms with E-state index in [2.05, 4.69) is 43.1 Å². The smallest absolute Gasteiger partial charge is 0.0406 e. The Kier molecular flexibility index (Phi) is 4.17. The van der Waals surface area contributed by atoms with E-state index in [1.54, 1.807) is 0 Å².